The summed E-state index contributed by atoms with van der Waals surface area (Å²) in [6, 6.07) is 9.81. The molecule has 2 N–H and O–H groups in total. The highest BCUT2D eigenvalue weighted by Gasteiger charge is 2.19. The molecule has 0 unspecified atom stereocenters. The number of rotatable bonds is 7. The summed E-state index contributed by atoms with van der Waals surface area (Å²) in [5, 5.41) is 6.45. The Morgan fingerprint density at radius 3 is 2.54 bits per heavy atom. The van der Waals surface area contributed by atoms with Crippen molar-refractivity contribution in [2.24, 2.45) is 4.99 Å². The molecule has 0 aliphatic carbocycles. The van der Waals surface area contributed by atoms with E-state index in [0.717, 1.165) is 30.4 Å². The topological polar surface area (TPSA) is 71.7 Å². The summed E-state index contributed by atoms with van der Waals surface area (Å²) < 4.78 is 11.4. The second kappa shape index (κ2) is 11.1. The van der Waals surface area contributed by atoms with Crippen LogP contribution < -0.4 is 15.4 Å². The molecule has 0 radical (unpaired) electrons. The second-order valence-electron chi connectivity index (χ2n) is 6.74. The molecule has 1 aromatic heterocycles. The van der Waals surface area contributed by atoms with E-state index in [-0.39, 0.29) is 29.4 Å². The fourth-order valence-electron chi connectivity index (χ4n) is 2.10. The number of nitrogens with zero attached hydrogens (tertiary/aromatic N) is 2. The number of benzene rings is 1. The third kappa shape index (κ3) is 7.63. The normalized spacial score (nSPS) is 11.6. The number of nitrogens with one attached hydrogen (secondary N) is 2. The Labute approximate surface area is 172 Å². The van der Waals surface area contributed by atoms with Crippen molar-refractivity contribution in [2.75, 3.05) is 20.2 Å². The molecule has 2 rings (SSSR count). The average Bonchev–Trinajstić information content (AvgIpc) is 3.07. The number of guanidine groups is 1. The molecule has 1 heterocycles. The zero-order valence-electron chi connectivity index (χ0n) is 15.9. The molecule has 2 aromatic rings. The van der Waals surface area contributed by atoms with E-state index in [1.165, 1.54) is 0 Å². The zero-order valence-corrected chi connectivity index (χ0v) is 18.2. The summed E-state index contributed by atoms with van der Waals surface area (Å²) in [6.45, 7) is 8.22. The largest absolute Gasteiger partial charge is 0.494 e. The first-order chi connectivity index (χ1) is 12.0. The molecule has 0 fully saturated rings. The minimum Gasteiger partial charge on any atom is -0.494 e. The quantitative estimate of drug-likeness (QED) is 0.278. The van der Waals surface area contributed by atoms with Crippen molar-refractivity contribution >= 4 is 29.9 Å². The molecule has 0 saturated carbocycles. The average molecular weight is 472 g/mol. The molecule has 0 spiro atoms. The van der Waals surface area contributed by atoms with Gasteiger partial charge >= 0.3 is 0 Å². The van der Waals surface area contributed by atoms with Gasteiger partial charge in [0.15, 0.2) is 5.96 Å². The van der Waals surface area contributed by atoms with Gasteiger partial charge in [-0.1, -0.05) is 39.0 Å². The SMILES string of the molecule is CN=C(NCCCOc1ccccc1)NCc1ncc(C(C)(C)C)o1.I. The molecule has 0 saturated heterocycles. The first-order valence-electron chi connectivity index (χ1n) is 8.56. The van der Waals surface area contributed by atoms with Crippen molar-refractivity contribution in [3.8, 4) is 5.75 Å². The molecule has 6 nitrogen and oxygen atoms in total. The molecule has 0 atom stereocenters. The van der Waals surface area contributed by atoms with Crippen molar-refractivity contribution in [2.45, 2.75) is 39.2 Å². The van der Waals surface area contributed by atoms with Gasteiger partial charge in [0.2, 0.25) is 5.89 Å². The lowest BCUT2D eigenvalue weighted by molar-refractivity contribution is 0.311. The Morgan fingerprint density at radius 2 is 1.92 bits per heavy atom. The number of aromatic nitrogens is 1. The summed E-state index contributed by atoms with van der Waals surface area (Å²) in [7, 11) is 1.74. The molecule has 0 amide bonds. The van der Waals surface area contributed by atoms with Crippen molar-refractivity contribution in [3.63, 3.8) is 0 Å². The Kier molecular flexibility index (Phi) is 9.47. The van der Waals surface area contributed by atoms with Crippen LogP contribution in [0.3, 0.4) is 0 Å². The van der Waals surface area contributed by atoms with Gasteiger partial charge in [-0.15, -0.1) is 24.0 Å². The van der Waals surface area contributed by atoms with Crippen molar-refractivity contribution in [1.82, 2.24) is 15.6 Å². The van der Waals surface area contributed by atoms with Gasteiger partial charge in [-0.2, -0.15) is 0 Å². The predicted molar refractivity (Wildman–Crippen MR) is 115 cm³/mol. The minimum atomic E-state index is -0.0378. The van der Waals surface area contributed by atoms with Gasteiger partial charge in [0.1, 0.15) is 11.5 Å². The highest BCUT2D eigenvalue weighted by atomic mass is 127. The fourth-order valence-corrected chi connectivity index (χ4v) is 2.10. The number of para-hydroxylation sites is 1. The van der Waals surface area contributed by atoms with Crippen LogP contribution in [0.4, 0.5) is 0 Å². The lowest BCUT2D eigenvalue weighted by Crippen LogP contribution is -2.37. The number of aliphatic imine (C=N–C) groups is 1. The summed E-state index contributed by atoms with van der Waals surface area (Å²) in [6.07, 6.45) is 2.66. The number of hydrogen-bond donors (Lipinski definition) is 2. The van der Waals surface area contributed by atoms with Crippen molar-refractivity contribution < 1.29 is 9.15 Å². The Hall–Kier alpha value is -1.77. The number of ether oxygens (including phenoxy) is 1. The summed E-state index contributed by atoms with van der Waals surface area (Å²) in [4.78, 5) is 8.50. The van der Waals surface area contributed by atoms with E-state index >= 15 is 0 Å². The second-order valence-corrected chi connectivity index (χ2v) is 6.74. The van der Waals surface area contributed by atoms with Gasteiger partial charge in [0.05, 0.1) is 19.3 Å². The lowest BCUT2D eigenvalue weighted by atomic mass is 9.94. The molecule has 0 bridgehead atoms. The maximum Gasteiger partial charge on any atom is 0.213 e. The van der Waals surface area contributed by atoms with E-state index in [1.807, 2.05) is 30.3 Å². The molecule has 0 aliphatic rings. The van der Waals surface area contributed by atoms with Crippen LogP contribution in [0.2, 0.25) is 0 Å². The van der Waals surface area contributed by atoms with E-state index in [2.05, 4.69) is 41.4 Å². The molecular formula is C19H29IN4O2. The standard InChI is InChI=1S/C19H28N4O2.HI/c1-19(2,3)16-13-22-17(25-16)14-23-18(20-4)21-11-8-12-24-15-9-6-5-7-10-15;/h5-7,9-10,13H,8,11-12,14H2,1-4H3,(H2,20,21,23);1H. The zero-order chi connectivity index (χ0) is 18.1. The first-order valence-corrected chi connectivity index (χ1v) is 8.56. The third-order valence-corrected chi connectivity index (χ3v) is 3.55. The van der Waals surface area contributed by atoms with E-state index < -0.39 is 0 Å². The molecular weight excluding hydrogens is 443 g/mol. The predicted octanol–water partition coefficient (Wildman–Crippen LogP) is 3.72. The maximum atomic E-state index is 5.76. The van der Waals surface area contributed by atoms with Crippen LogP contribution in [-0.4, -0.2) is 31.1 Å². The molecule has 144 valence electrons. The highest BCUT2D eigenvalue weighted by molar-refractivity contribution is 14.0. The van der Waals surface area contributed by atoms with Crippen molar-refractivity contribution in [1.29, 1.82) is 0 Å². The highest BCUT2D eigenvalue weighted by Crippen LogP contribution is 2.22. The van der Waals surface area contributed by atoms with Crippen molar-refractivity contribution in [3.05, 3.63) is 48.2 Å². The van der Waals surface area contributed by atoms with E-state index in [9.17, 15) is 0 Å². The Morgan fingerprint density at radius 1 is 1.19 bits per heavy atom. The third-order valence-electron chi connectivity index (χ3n) is 3.55. The van der Waals surface area contributed by atoms with Crippen LogP contribution >= 0.6 is 24.0 Å². The Balaban J connectivity index is 0.00000338. The van der Waals surface area contributed by atoms with Crippen LogP contribution in [0, 0.1) is 0 Å². The number of hydrogen-bond acceptors (Lipinski definition) is 4. The molecule has 7 heteroatoms. The van der Waals surface area contributed by atoms with Gasteiger partial charge in [0, 0.05) is 19.0 Å². The van der Waals surface area contributed by atoms with Gasteiger partial charge in [0.25, 0.3) is 0 Å². The van der Waals surface area contributed by atoms with Crippen LogP contribution in [-0.2, 0) is 12.0 Å². The Bertz CT molecular complexity index is 666. The van der Waals surface area contributed by atoms with Gasteiger partial charge in [-0.05, 0) is 18.6 Å². The van der Waals surface area contributed by atoms with Crippen LogP contribution in [0.5, 0.6) is 5.75 Å². The van der Waals surface area contributed by atoms with E-state index in [4.69, 9.17) is 9.15 Å². The van der Waals surface area contributed by atoms with Gasteiger partial charge < -0.3 is 19.8 Å². The monoisotopic (exact) mass is 472 g/mol. The van der Waals surface area contributed by atoms with E-state index in [1.54, 1.807) is 13.2 Å². The number of oxazole rings is 1. The van der Waals surface area contributed by atoms with Crippen LogP contribution in [0.25, 0.3) is 0 Å². The summed E-state index contributed by atoms with van der Waals surface area (Å²) in [5.41, 5.74) is -0.0378. The smallest absolute Gasteiger partial charge is 0.213 e. The van der Waals surface area contributed by atoms with Crippen LogP contribution in [0.15, 0.2) is 45.9 Å². The van der Waals surface area contributed by atoms with E-state index in [0.29, 0.717) is 19.0 Å². The van der Waals surface area contributed by atoms with Gasteiger partial charge in [-0.3, -0.25) is 4.99 Å². The lowest BCUT2D eigenvalue weighted by Gasteiger charge is -2.13. The number of halogens is 1. The first kappa shape index (κ1) is 22.3. The summed E-state index contributed by atoms with van der Waals surface area (Å²) in [5.74, 6) is 3.14. The fraction of sp³-hybridized carbons (Fsp3) is 0.474. The maximum absolute atomic E-state index is 5.76. The minimum absolute atomic E-state index is 0. The summed E-state index contributed by atoms with van der Waals surface area (Å²) >= 11 is 0. The van der Waals surface area contributed by atoms with Crippen LogP contribution in [0.1, 0.15) is 38.8 Å². The molecule has 0 aliphatic heterocycles. The van der Waals surface area contributed by atoms with Gasteiger partial charge in [-0.25, -0.2) is 4.98 Å². The molecule has 1 aromatic carbocycles. The molecule has 26 heavy (non-hydrogen) atoms.